The van der Waals surface area contributed by atoms with Crippen LogP contribution in [-0.4, -0.2) is 43.6 Å². The minimum absolute atomic E-state index is 0.208. The van der Waals surface area contributed by atoms with Gasteiger partial charge in [-0.15, -0.1) is 0 Å². The molecule has 0 spiro atoms. The van der Waals surface area contributed by atoms with E-state index in [1.165, 1.54) is 13.8 Å². The van der Waals surface area contributed by atoms with E-state index < -0.39 is 0 Å². The van der Waals surface area contributed by atoms with Gasteiger partial charge < -0.3 is 18.9 Å². The highest BCUT2D eigenvalue weighted by molar-refractivity contribution is 5.72. The van der Waals surface area contributed by atoms with Crippen LogP contribution in [0.4, 0.5) is 0 Å². The predicted molar refractivity (Wildman–Crippen MR) is 142 cm³/mol. The summed E-state index contributed by atoms with van der Waals surface area (Å²) in [5.74, 6) is 2.33. The molecule has 0 unspecified atom stereocenters. The van der Waals surface area contributed by atoms with E-state index in [-0.39, 0.29) is 17.9 Å². The van der Waals surface area contributed by atoms with Crippen LogP contribution in [0.3, 0.4) is 0 Å². The summed E-state index contributed by atoms with van der Waals surface area (Å²) in [6.07, 6.45) is 0. The first-order valence-electron chi connectivity index (χ1n) is 12.4. The summed E-state index contributed by atoms with van der Waals surface area (Å²) in [6, 6.07) is 3.82. The molecule has 0 aliphatic heterocycles. The summed E-state index contributed by atoms with van der Waals surface area (Å²) in [6.45, 7) is 19.1. The lowest BCUT2D eigenvalue weighted by Gasteiger charge is -2.25. The molecule has 7 heteroatoms. The van der Waals surface area contributed by atoms with Crippen LogP contribution in [-0.2, 0) is 16.1 Å². The third-order valence-corrected chi connectivity index (χ3v) is 6.19. The molecule has 2 rings (SSSR count). The highest BCUT2D eigenvalue weighted by atomic mass is 16.5. The molecule has 0 amide bonds. The van der Waals surface area contributed by atoms with Crippen molar-refractivity contribution in [2.45, 2.75) is 74.8 Å². The van der Waals surface area contributed by atoms with Crippen molar-refractivity contribution in [2.24, 2.45) is 0 Å². The molecule has 36 heavy (non-hydrogen) atoms. The number of benzene rings is 2. The molecular weight excluding hydrogens is 458 g/mol. The lowest BCUT2D eigenvalue weighted by molar-refractivity contribution is -0.132. The van der Waals surface area contributed by atoms with E-state index in [0.717, 1.165) is 44.9 Å². The van der Waals surface area contributed by atoms with E-state index >= 15 is 0 Å². The smallest absolute Gasteiger partial charge is 0.308 e. The fourth-order valence-corrected chi connectivity index (χ4v) is 4.16. The molecule has 0 heterocycles. The van der Waals surface area contributed by atoms with Gasteiger partial charge in [-0.25, -0.2) is 0 Å². The molecule has 0 aromatic heterocycles. The van der Waals surface area contributed by atoms with Crippen LogP contribution in [0, 0.1) is 27.7 Å². The van der Waals surface area contributed by atoms with Crippen LogP contribution in [0.15, 0.2) is 12.1 Å². The largest absolute Gasteiger partial charge is 0.493 e. The Morgan fingerprint density at radius 2 is 1.47 bits per heavy atom. The molecule has 0 N–H and O–H groups in total. The maximum Gasteiger partial charge on any atom is 0.308 e. The van der Waals surface area contributed by atoms with Crippen LogP contribution in [0.5, 0.6) is 23.0 Å². The van der Waals surface area contributed by atoms with Crippen LogP contribution in [0.2, 0.25) is 0 Å². The van der Waals surface area contributed by atoms with Gasteiger partial charge in [-0.1, -0.05) is 13.8 Å². The second-order valence-corrected chi connectivity index (χ2v) is 9.53. The summed E-state index contributed by atoms with van der Waals surface area (Å²) in [5.41, 5.74) is 5.64. The highest BCUT2D eigenvalue weighted by Gasteiger charge is 2.22. The normalized spacial score (nSPS) is 11.1. The van der Waals surface area contributed by atoms with Gasteiger partial charge in [-0.3, -0.25) is 14.5 Å². The molecule has 0 fully saturated rings. The number of ether oxygens (including phenoxy) is 4. The molecule has 0 saturated carbocycles. The van der Waals surface area contributed by atoms with Gasteiger partial charge >= 0.3 is 11.9 Å². The Balaban J connectivity index is 2.22. The van der Waals surface area contributed by atoms with Crippen molar-refractivity contribution < 1.29 is 28.5 Å². The molecule has 0 bridgehead atoms. The van der Waals surface area contributed by atoms with E-state index in [0.29, 0.717) is 37.8 Å². The molecule has 198 valence electrons. The topological polar surface area (TPSA) is 74.3 Å². The third kappa shape index (κ3) is 7.23. The summed E-state index contributed by atoms with van der Waals surface area (Å²) < 4.78 is 23.1. The SMILES string of the molecule is CCOc1c(C)c(C)c(OC(C)=O)c(C)c1CN(C)CCOc1cc(C)c(OC(C)=O)cc1C(C)C. The number of aryl methyl sites for hydroxylation is 1. The van der Waals surface area contributed by atoms with Gasteiger partial charge in [0.1, 0.15) is 29.6 Å². The number of hydrogen-bond acceptors (Lipinski definition) is 7. The molecule has 0 atom stereocenters. The van der Waals surface area contributed by atoms with E-state index in [1.54, 1.807) is 0 Å². The number of likely N-dealkylation sites (N-methyl/N-ethyl adjacent to an activating group) is 1. The second kappa shape index (κ2) is 12.8. The Bertz CT molecular complexity index is 1110. The monoisotopic (exact) mass is 499 g/mol. The zero-order chi connectivity index (χ0) is 27.2. The molecule has 0 aliphatic carbocycles. The Kier molecular flexibility index (Phi) is 10.3. The van der Waals surface area contributed by atoms with Crippen molar-refractivity contribution in [1.82, 2.24) is 4.90 Å². The molecule has 0 saturated heterocycles. The van der Waals surface area contributed by atoms with Crippen molar-refractivity contribution in [3.63, 3.8) is 0 Å². The minimum Gasteiger partial charge on any atom is -0.493 e. The van der Waals surface area contributed by atoms with E-state index in [2.05, 4.69) is 18.7 Å². The first kappa shape index (κ1) is 29.2. The molecule has 7 nitrogen and oxygen atoms in total. The van der Waals surface area contributed by atoms with Gasteiger partial charge in [0.05, 0.1) is 6.61 Å². The Morgan fingerprint density at radius 3 is 2.03 bits per heavy atom. The third-order valence-electron chi connectivity index (χ3n) is 6.19. The Labute approximate surface area is 215 Å². The maximum absolute atomic E-state index is 11.7. The van der Waals surface area contributed by atoms with Crippen LogP contribution in [0.1, 0.15) is 73.9 Å². The van der Waals surface area contributed by atoms with Gasteiger partial charge in [0.25, 0.3) is 0 Å². The standard InChI is InChI=1S/C29H41NO6/c1-11-33-29-20(6)19(5)28(36-23(9)32)21(7)25(29)16-30(10)12-13-34-27-14-18(4)26(35-22(8)31)15-24(27)17(2)3/h14-15,17H,11-13,16H2,1-10H3. The van der Waals surface area contributed by atoms with Crippen molar-refractivity contribution >= 4 is 11.9 Å². The number of carbonyl (C=O) groups is 2. The summed E-state index contributed by atoms with van der Waals surface area (Å²) in [5, 5.41) is 0. The molecule has 2 aromatic carbocycles. The van der Waals surface area contributed by atoms with Crippen LogP contribution >= 0.6 is 0 Å². The average molecular weight is 500 g/mol. The van der Waals surface area contributed by atoms with Gasteiger partial charge in [0.2, 0.25) is 0 Å². The first-order valence-corrected chi connectivity index (χ1v) is 12.4. The Morgan fingerprint density at radius 1 is 0.861 bits per heavy atom. The number of carbonyl (C=O) groups excluding carboxylic acids is 2. The van der Waals surface area contributed by atoms with Gasteiger partial charge in [0.15, 0.2) is 0 Å². The summed E-state index contributed by atoms with van der Waals surface area (Å²) >= 11 is 0. The summed E-state index contributed by atoms with van der Waals surface area (Å²) in [4.78, 5) is 25.3. The minimum atomic E-state index is -0.340. The van der Waals surface area contributed by atoms with Crippen molar-refractivity contribution in [3.8, 4) is 23.0 Å². The number of esters is 2. The lowest BCUT2D eigenvalue weighted by atomic mass is 9.96. The fraction of sp³-hybridized carbons (Fsp3) is 0.517. The van der Waals surface area contributed by atoms with Crippen LogP contribution < -0.4 is 18.9 Å². The predicted octanol–water partition coefficient (Wildman–Crippen LogP) is 5.80. The number of rotatable bonds is 11. The van der Waals surface area contributed by atoms with Gasteiger partial charge in [0, 0.05) is 43.6 Å². The van der Waals surface area contributed by atoms with Gasteiger partial charge in [-0.05, 0) is 76.4 Å². The number of hydrogen-bond donors (Lipinski definition) is 0. The number of nitrogens with zero attached hydrogens (tertiary/aromatic N) is 1. The maximum atomic E-state index is 11.7. The molecule has 2 aromatic rings. The van der Waals surface area contributed by atoms with E-state index in [4.69, 9.17) is 18.9 Å². The summed E-state index contributed by atoms with van der Waals surface area (Å²) in [7, 11) is 2.03. The lowest BCUT2D eigenvalue weighted by Crippen LogP contribution is -2.25. The average Bonchev–Trinajstić information content (AvgIpc) is 2.78. The molecule has 0 aliphatic rings. The van der Waals surface area contributed by atoms with Gasteiger partial charge in [-0.2, -0.15) is 0 Å². The molecular formula is C29H41NO6. The van der Waals surface area contributed by atoms with E-state index in [1.807, 2.05) is 53.8 Å². The van der Waals surface area contributed by atoms with Crippen LogP contribution in [0.25, 0.3) is 0 Å². The van der Waals surface area contributed by atoms with E-state index in [9.17, 15) is 9.59 Å². The Hall–Kier alpha value is -3.06. The molecule has 0 radical (unpaired) electrons. The zero-order valence-electron chi connectivity index (χ0n) is 23.5. The highest BCUT2D eigenvalue weighted by Crippen LogP contribution is 2.39. The second-order valence-electron chi connectivity index (χ2n) is 9.53. The van der Waals surface area contributed by atoms with Crippen molar-refractivity contribution in [2.75, 3.05) is 26.8 Å². The fourth-order valence-electron chi connectivity index (χ4n) is 4.16. The zero-order valence-corrected chi connectivity index (χ0v) is 23.5. The van der Waals surface area contributed by atoms with Crippen molar-refractivity contribution in [1.29, 1.82) is 0 Å². The quantitative estimate of drug-likeness (QED) is 0.286. The van der Waals surface area contributed by atoms with Crippen molar-refractivity contribution in [3.05, 3.63) is 45.5 Å². The first-order chi connectivity index (χ1) is 16.9.